The number of aromatic nitrogens is 1. The van der Waals surface area contributed by atoms with E-state index in [0.717, 1.165) is 12.1 Å². The second-order valence-corrected chi connectivity index (χ2v) is 5.80. The number of carbonyl (C=O) groups excluding carboxylic acids is 2. The van der Waals surface area contributed by atoms with E-state index in [0.29, 0.717) is 12.2 Å². The van der Waals surface area contributed by atoms with Crippen LogP contribution in [0.1, 0.15) is 24.7 Å². The highest BCUT2D eigenvalue weighted by Gasteiger charge is 2.30. The molecule has 0 atom stereocenters. The third-order valence-electron chi connectivity index (χ3n) is 3.45. The second kappa shape index (κ2) is 8.56. The Morgan fingerprint density at radius 2 is 1.96 bits per heavy atom. The molecule has 1 aromatic carbocycles. The van der Waals surface area contributed by atoms with Crippen molar-refractivity contribution < 1.29 is 27.3 Å². The molecule has 2 aromatic rings. The second-order valence-electron chi connectivity index (χ2n) is 5.80. The van der Waals surface area contributed by atoms with Crippen LogP contribution >= 0.6 is 0 Å². The van der Waals surface area contributed by atoms with Gasteiger partial charge in [-0.25, -0.2) is 4.79 Å². The third-order valence-corrected chi connectivity index (χ3v) is 3.45. The van der Waals surface area contributed by atoms with Gasteiger partial charge in [0, 0.05) is 18.3 Å². The molecule has 0 radical (unpaired) electrons. The fourth-order valence-electron chi connectivity index (χ4n) is 2.28. The number of amides is 3. The minimum Gasteiger partial charge on any atom is -0.360 e. The molecular formula is C17H19F3N4O3. The molecule has 0 spiro atoms. The average Bonchev–Trinajstić information content (AvgIpc) is 2.98. The average molecular weight is 384 g/mol. The normalized spacial score (nSPS) is 11.1. The predicted molar refractivity (Wildman–Crippen MR) is 92.2 cm³/mol. The van der Waals surface area contributed by atoms with Gasteiger partial charge in [-0.3, -0.25) is 4.79 Å². The SMILES string of the molecule is CCCN(CC(=O)Nc1cc(C)on1)C(=O)Nc1cccc(C(F)(F)F)c1. The zero-order valence-electron chi connectivity index (χ0n) is 14.8. The smallest absolute Gasteiger partial charge is 0.360 e. The highest BCUT2D eigenvalue weighted by Crippen LogP contribution is 2.30. The van der Waals surface area contributed by atoms with Gasteiger partial charge in [-0.15, -0.1) is 0 Å². The molecule has 0 unspecified atom stereocenters. The third kappa shape index (κ3) is 6.01. The number of aryl methyl sites for hydroxylation is 1. The van der Waals surface area contributed by atoms with Gasteiger partial charge >= 0.3 is 12.2 Å². The van der Waals surface area contributed by atoms with Gasteiger partial charge in [0.15, 0.2) is 5.82 Å². The van der Waals surface area contributed by atoms with Crippen molar-refractivity contribution in [1.29, 1.82) is 0 Å². The maximum atomic E-state index is 12.8. The van der Waals surface area contributed by atoms with E-state index in [1.54, 1.807) is 6.92 Å². The molecule has 10 heteroatoms. The maximum Gasteiger partial charge on any atom is 0.416 e. The van der Waals surface area contributed by atoms with Gasteiger partial charge < -0.3 is 20.1 Å². The zero-order chi connectivity index (χ0) is 20.0. The van der Waals surface area contributed by atoms with Crippen molar-refractivity contribution in [2.75, 3.05) is 23.7 Å². The summed E-state index contributed by atoms with van der Waals surface area (Å²) in [6.45, 7) is 3.43. The maximum absolute atomic E-state index is 12.8. The van der Waals surface area contributed by atoms with Gasteiger partial charge in [0.25, 0.3) is 0 Å². The van der Waals surface area contributed by atoms with Crippen molar-refractivity contribution in [1.82, 2.24) is 10.1 Å². The Morgan fingerprint density at radius 3 is 2.56 bits per heavy atom. The van der Waals surface area contributed by atoms with Crippen molar-refractivity contribution >= 4 is 23.4 Å². The molecule has 0 bridgehead atoms. The summed E-state index contributed by atoms with van der Waals surface area (Å²) in [7, 11) is 0. The Hall–Kier alpha value is -3.04. The van der Waals surface area contributed by atoms with Crippen LogP contribution in [0.4, 0.5) is 29.5 Å². The Morgan fingerprint density at radius 1 is 1.22 bits per heavy atom. The molecule has 146 valence electrons. The Bertz CT molecular complexity index is 805. The number of carbonyl (C=O) groups is 2. The molecule has 1 heterocycles. The van der Waals surface area contributed by atoms with Crippen LogP contribution in [0.5, 0.6) is 0 Å². The highest BCUT2D eigenvalue weighted by molar-refractivity contribution is 5.96. The number of hydrogen-bond acceptors (Lipinski definition) is 4. The summed E-state index contributed by atoms with van der Waals surface area (Å²) in [6.07, 6.45) is -3.95. The van der Waals surface area contributed by atoms with Gasteiger partial charge in [0.05, 0.1) is 5.56 Å². The number of alkyl halides is 3. The van der Waals surface area contributed by atoms with Crippen molar-refractivity contribution in [3.63, 3.8) is 0 Å². The van der Waals surface area contributed by atoms with E-state index in [2.05, 4.69) is 15.8 Å². The molecule has 0 aliphatic carbocycles. The molecule has 0 aliphatic heterocycles. The molecule has 3 amide bonds. The lowest BCUT2D eigenvalue weighted by Crippen LogP contribution is -2.41. The van der Waals surface area contributed by atoms with Crippen LogP contribution in [0.2, 0.25) is 0 Å². The quantitative estimate of drug-likeness (QED) is 0.791. The van der Waals surface area contributed by atoms with Crippen LogP contribution in [-0.2, 0) is 11.0 Å². The van der Waals surface area contributed by atoms with Gasteiger partial charge in [0.1, 0.15) is 12.3 Å². The minimum atomic E-state index is -4.51. The standard InChI is InChI=1S/C17H19F3N4O3/c1-3-7-24(10-15(25)22-14-8-11(2)27-23-14)16(26)21-13-6-4-5-12(9-13)17(18,19)20/h4-6,8-9H,3,7,10H2,1-2H3,(H,21,26)(H,22,23,25). The summed E-state index contributed by atoms with van der Waals surface area (Å²) in [6, 6.07) is 5.12. The van der Waals surface area contributed by atoms with E-state index in [9.17, 15) is 22.8 Å². The van der Waals surface area contributed by atoms with E-state index < -0.39 is 23.7 Å². The molecule has 7 nitrogen and oxygen atoms in total. The summed E-state index contributed by atoms with van der Waals surface area (Å²) in [4.78, 5) is 25.7. The first-order valence-corrected chi connectivity index (χ1v) is 8.15. The van der Waals surface area contributed by atoms with Crippen LogP contribution in [0, 0.1) is 6.92 Å². The number of nitrogens with zero attached hydrogens (tertiary/aromatic N) is 2. The largest absolute Gasteiger partial charge is 0.416 e. The van der Waals surface area contributed by atoms with Crippen LogP contribution in [0.25, 0.3) is 0 Å². The first kappa shape index (κ1) is 20.3. The van der Waals surface area contributed by atoms with E-state index in [1.165, 1.54) is 23.1 Å². The van der Waals surface area contributed by atoms with Crippen LogP contribution in [0.15, 0.2) is 34.9 Å². The molecule has 27 heavy (non-hydrogen) atoms. The van der Waals surface area contributed by atoms with Gasteiger partial charge in [0.2, 0.25) is 5.91 Å². The molecule has 0 saturated carbocycles. The zero-order valence-corrected chi connectivity index (χ0v) is 14.8. The van der Waals surface area contributed by atoms with E-state index >= 15 is 0 Å². The highest BCUT2D eigenvalue weighted by atomic mass is 19.4. The van der Waals surface area contributed by atoms with Crippen molar-refractivity contribution in [2.45, 2.75) is 26.4 Å². The summed E-state index contributed by atoms with van der Waals surface area (Å²) in [5, 5.41) is 8.49. The first-order chi connectivity index (χ1) is 12.7. The lowest BCUT2D eigenvalue weighted by Gasteiger charge is -2.22. The molecule has 0 fully saturated rings. The van der Waals surface area contributed by atoms with E-state index in [-0.39, 0.29) is 24.6 Å². The number of anilines is 2. The van der Waals surface area contributed by atoms with Crippen LogP contribution in [-0.4, -0.2) is 35.1 Å². The lowest BCUT2D eigenvalue weighted by atomic mass is 10.2. The van der Waals surface area contributed by atoms with Crippen molar-refractivity contribution in [2.24, 2.45) is 0 Å². The summed E-state index contributed by atoms with van der Waals surface area (Å²) in [5.74, 6) is 0.223. The fourth-order valence-corrected chi connectivity index (χ4v) is 2.28. The number of hydrogen-bond donors (Lipinski definition) is 2. The molecular weight excluding hydrogens is 365 g/mol. The summed E-state index contributed by atoms with van der Waals surface area (Å²) >= 11 is 0. The molecule has 2 N–H and O–H groups in total. The van der Waals surface area contributed by atoms with Crippen molar-refractivity contribution in [3.8, 4) is 0 Å². The fraction of sp³-hybridized carbons (Fsp3) is 0.353. The summed E-state index contributed by atoms with van der Waals surface area (Å²) < 4.78 is 43.2. The van der Waals surface area contributed by atoms with E-state index in [1.807, 2.05) is 6.92 Å². The number of rotatable bonds is 6. The predicted octanol–water partition coefficient (Wildman–Crippen LogP) is 3.88. The first-order valence-electron chi connectivity index (χ1n) is 8.15. The molecule has 2 rings (SSSR count). The van der Waals surface area contributed by atoms with Crippen molar-refractivity contribution in [3.05, 3.63) is 41.7 Å². The number of nitrogens with one attached hydrogen (secondary N) is 2. The van der Waals surface area contributed by atoms with Gasteiger partial charge in [-0.1, -0.05) is 18.1 Å². The van der Waals surface area contributed by atoms with Crippen LogP contribution in [0.3, 0.4) is 0 Å². The van der Waals surface area contributed by atoms with Gasteiger partial charge in [-0.2, -0.15) is 13.2 Å². The number of urea groups is 1. The lowest BCUT2D eigenvalue weighted by molar-refractivity contribution is -0.137. The Labute approximate surface area is 153 Å². The number of benzene rings is 1. The Balaban J connectivity index is 2.02. The monoisotopic (exact) mass is 384 g/mol. The van der Waals surface area contributed by atoms with E-state index in [4.69, 9.17) is 4.52 Å². The van der Waals surface area contributed by atoms with Crippen LogP contribution < -0.4 is 10.6 Å². The van der Waals surface area contributed by atoms with Gasteiger partial charge in [-0.05, 0) is 31.5 Å². The minimum absolute atomic E-state index is 0.0107. The number of halogens is 3. The molecule has 0 saturated heterocycles. The molecule has 0 aliphatic rings. The topological polar surface area (TPSA) is 87.5 Å². The Kier molecular flexibility index (Phi) is 6.43. The molecule has 1 aromatic heterocycles. The summed E-state index contributed by atoms with van der Waals surface area (Å²) in [5.41, 5.74) is -0.884.